The van der Waals surface area contributed by atoms with Gasteiger partial charge in [0.05, 0.1) is 16.7 Å². The molecule has 3 N–H and O–H groups in total. The van der Waals surface area contributed by atoms with Crippen LogP contribution in [0.25, 0.3) is 0 Å². The number of hydrogen-bond acceptors (Lipinski definition) is 4. The van der Waals surface area contributed by atoms with Crippen LogP contribution in [-0.4, -0.2) is 26.1 Å². The van der Waals surface area contributed by atoms with Crippen LogP contribution in [0, 0.1) is 5.92 Å². The molecule has 0 aliphatic carbocycles. The van der Waals surface area contributed by atoms with E-state index in [4.69, 9.17) is 5.73 Å². The van der Waals surface area contributed by atoms with Crippen LogP contribution in [0.5, 0.6) is 0 Å². The first-order chi connectivity index (χ1) is 9.31. The van der Waals surface area contributed by atoms with Gasteiger partial charge in [-0.1, -0.05) is 27.2 Å². The van der Waals surface area contributed by atoms with Gasteiger partial charge in [0.1, 0.15) is 0 Å². The van der Waals surface area contributed by atoms with E-state index in [1.807, 2.05) is 13.8 Å². The molecule has 1 amide bonds. The lowest BCUT2D eigenvalue weighted by Gasteiger charge is -2.17. The highest BCUT2D eigenvalue weighted by Crippen LogP contribution is 2.16. The van der Waals surface area contributed by atoms with Crippen molar-refractivity contribution in [1.29, 1.82) is 0 Å². The number of anilines is 1. The topological polar surface area (TPSA) is 89.3 Å². The highest BCUT2D eigenvalue weighted by atomic mass is 32.2. The Morgan fingerprint density at radius 2 is 1.80 bits per heavy atom. The van der Waals surface area contributed by atoms with E-state index in [0.29, 0.717) is 5.69 Å². The van der Waals surface area contributed by atoms with E-state index in [0.717, 1.165) is 6.42 Å². The minimum atomic E-state index is -3.21. The summed E-state index contributed by atoms with van der Waals surface area (Å²) in [6.45, 7) is 5.49. The van der Waals surface area contributed by atoms with E-state index in [2.05, 4.69) is 5.32 Å². The average molecular weight is 298 g/mol. The molecule has 0 aromatic heterocycles. The van der Waals surface area contributed by atoms with Gasteiger partial charge in [0.25, 0.3) is 0 Å². The van der Waals surface area contributed by atoms with Crippen molar-refractivity contribution in [2.24, 2.45) is 11.7 Å². The van der Waals surface area contributed by atoms with Crippen LogP contribution in [0.3, 0.4) is 0 Å². The third-order valence-corrected chi connectivity index (χ3v) is 5.17. The zero-order valence-electron chi connectivity index (χ0n) is 12.1. The molecule has 0 heterocycles. The number of sulfone groups is 1. The predicted octanol–water partition coefficient (Wildman–Crippen LogP) is 1.79. The van der Waals surface area contributed by atoms with Crippen molar-refractivity contribution in [3.05, 3.63) is 24.3 Å². The third-order valence-electron chi connectivity index (χ3n) is 3.42. The van der Waals surface area contributed by atoms with Crippen LogP contribution in [0.2, 0.25) is 0 Å². The fourth-order valence-electron chi connectivity index (χ4n) is 1.65. The molecule has 0 saturated heterocycles. The lowest BCUT2D eigenvalue weighted by atomic mass is 9.99. The smallest absolute Gasteiger partial charge is 0.241 e. The van der Waals surface area contributed by atoms with Crippen LogP contribution >= 0.6 is 0 Å². The fourth-order valence-corrected chi connectivity index (χ4v) is 2.53. The maximum absolute atomic E-state index is 11.9. The first kappa shape index (κ1) is 16.7. The molecule has 1 rings (SSSR count). The summed E-state index contributed by atoms with van der Waals surface area (Å²) in [5.74, 6) is -0.113. The van der Waals surface area contributed by atoms with Crippen LogP contribution in [-0.2, 0) is 14.6 Å². The number of amides is 1. The van der Waals surface area contributed by atoms with E-state index in [9.17, 15) is 13.2 Å². The average Bonchev–Trinajstić information content (AvgIpc) is 2.46. The number of benzene rings is 1. The quantitative estimate of drug-likeness (QED) is 0.838. The SMILES string of the molecule is CCC(C)C(N)C(=O)Nc1ccc(S(=O)(=O)CC)cc1. The molecule has 0 aliphatic rings. The minimum absolute atomic E-state index is 0.0532. The summed E-state index contributed by atoms with van der Waals surface area (Å²) >= 11 is 0. The maximum Gasteiger partial charge on any atom is 0.241 e. The molecule has 0 radical (unpaired) electrons. The molecule has 112 valence electrons. The normalized spacial score (nSPS) is 14.6. The lowest BCUT2D eigenvalue weighted by molar-refractivity contribution is -0.118. The molecule has 6 heteroatoms. The van der Waals surface area contributed by atoms with Crippen molar-refractivity contribution in [1.82, 2.24) is 0 Å². The number of nitrogens with one attached hydrogen (secondary N) is 1. The molecule has 0 fully saturated rings. The number of rotatable bonds is 6. The van der Waals surface area contributed by atoms with E-state index < -0.39 is 15.9 Å². The molecule has 2 atom stereocenters. The summed E-state index contributed by atoms with van der Waals surface area (Å²) in [5.41, 5.74) is 6.38. The van der Waals surface area contributed by atoms with Crippen molar-refractivity contribution < 1.29 is 13.2 Å². The van der Waals surface area contributed by atoms with E-state index in [-0.39, 0.29) is 22.5 Å². The summed E-state index contributed by atoms with van der Waals surface area (Å²) in [6, 6.07) is 5.55. The molecule has 0 saturated carbocycles. The Bertz CT molecular complexity index is 552. The monoisotopic (exact) mass is 298 g/mol. The standard InChI is InChI=1S/C14H22N2O3S/c1-4-10(3)13(15)14(17)16-11-6-8-12(9-7-11)20(18,19)5-2/h6-10,13H,4-5,15H2,1-3H3,(H,16,17). The lowest BCUT2D eigenvalue weighted by Crippen LogP contribution is -2.40. The van der Waals surface area contributed by atoms with Gasteiger partial charge in [-0.15, -0.1) is 0 Å². The number of nitrogens with two attached hydrogens (primary N) is 1. The van der Waals surface area contributed by atoms with Crippen molar-refractivity contribution in [3.8, 4) is 0 Å². The van der Waals surface area contributed by atoms with Gasteiger partial charge in [0, 0.05) is 5.69 Å². The van der Waals surface area contributed by atoms with Crippen molar-refractivity contribution in [3.63, 3.8) is 0 Å². The van der Waals surface area contributed by atoms with Gasteiger partial charge in [-0.25, -0.2) is 8.42 Å². The summed E-state index contributed by atoms with van der Waals surface area (Å²) in [7, 11) is -3.21. The second-order valence-electron chi connectivity index (χ2n) is 4.83. The molecular formula is C14H22N2O3S. The summed E-state index contributed by atoms with van der Waals surface area (Å²) in [6.07, 6.45) is 0.822. The van der Waals surface area contributed by atoms with Crippen LogP contribution in [0.15, 0.2) is 29.2 Å². The second kappa shape index (κ2) is 6.85. The first-order valence-electron chi connectivity index (χ1n) is 6.71. The van der Waals surface area contributed by atoms with E-state index in [1.54, 1.807) is 19.1 Å². The Morgan fingerprint density at radius 1 is 1.25 bits per heavy atom. The van der Waals surface area contributed by atoms with Crippen molar-refractivity contribution >= 4 is 21.4 Å². The van der Waals surface area contributed by atoms with Gasteiger partial charge in [-0.05, 0) is 30.2 Å². The molecule has 0 spiro atoms. The highest BCUT2D eigenvalue weighted by molar-refractivity contribution is 7.91. The maximum atomic E-state index is 11.9. The zero-order chi connectivity index (χ0) is 15.3. The molecule has 20 heavy (non-hydrogen) atoms. The number of hydrogen-bond donors (Lipinski definition) is 2. The van der Waals surface area contributed by atoms with Crippen molar-refractivity contribution in [2.75, 3.05) is 11.1 Å². The number of carbonyl (C=O) groups excluding carboxylic acids is 1. The van der Waals surface area contributed by atoms with Gasteiger partial charge in [-0.3, -0.25) is 4.79 Å². The molecule has 1 aromatic rings. The van der Waals surface area contributed by atoms with Gasteiger partial charge in [-0.2, -0.15) is 0 Å². The Balaban J connectivity index is 2.78. The van der Waals surface area contributed by atoms with Gasteiger partial charge in [0.15, 0.2) is 9.84 Å². The Kier molecular flexibility index (Phi) is 5.71. The number of carbonyl (C=O) groups is 1. The van der Waals surface area contributed by atoms with Gasteiger partial charge < -0.3 is 11.1 Å². The highest BCUT2D eigenvalue weighted by Gasteiger charge is 2.19. The van der Waals surface area contributed by atoms with E-state index in [1.165, 1.54) is 12.1 Å². The summed E-state index contributed by atoms with van der Waals surface area (Å²) in [4.78, 5) is 12.2. The van der Waals surface area contributed by atoms with Crippen LogP contribution in [0.4, 0.5) is 5.69 Å². The van der Waals surface area contributed by atoms with Crippen LogP contribution < -0.4 is 11.1 Å². The third kappa shape index (κ3) is 4.05. The molecule has 2 unspecified atom stereocenters. The second-order valence-corrected chi connectivity index (χ2v) is 7.11. The van der Waals surface area contributed by atoms with Gasteiger partial charge in [0.2, 0.25) is 5.91 Å². The Hall–Kier alpha value is -1.40. The minimum Gasteiger partial charge on any atom is -0.325 e. The molecule has 1 aromatic carbocycles. The molecule has 0 aliphatic heterocycles. The molecule has 5 nitrogen and oxygen atoms in total. The summed E-state index contributed by atoms with van der Waals surface area (Å²) in [5, 5.41) is 2.69. The molecular weight excluding hydrogens is 276 g/mol. The fraction of sp³-hybridized carbons (Fsp3) is 0.500. The molecule has 0 bridgehead atoms. The summed E-state index contributed by atoms with van der Waals surface area (Å²) < 4.78 is 23.3. The van der Waals surface area contributed by atoms with Gasteiger partial charge >= 0.3 is 0 Å². The Morgan fingerprint density at radius 3 is 2.25 bits per heavy atom. The zero-order valence-corrected chi connectivity index (χ0v) is 12.9. The Labute approximate surface area is 120 Å². The first-order valence-corrected chi connectivity index (χ1v) is 8.36. The van der Waals surface area contributed by atoms with Crippen LogP contribution in [0.1, 0.15) is 27.2 Å². The largest absolute Gasteiger partial charge is 0.325 e. The van der Waals surface area contributed by atoms with Crippen molar-refractivity contribution in [2.45, 2.75) is 38.1 Å². The predicted molar refractivity (Wildman–Crippen MR) is 80.2 cm³/mol. The van der Waals surface area contributed by atoms with E-state index >= 15 is 0 Å².